The van der Waals surface area contributed by atoms with Crippen LogP contribution in [0.4, 0.5) is 0 Å². The third-order valence-corrected chi connectivity index (χ3v) is 3.44. The number of hydrogen-bond donors (Lipinski definition) is 2. The topological polar surface area (TPSA) is 45.7 Å². The lowest BCUT2D eigenvalue weighted by Crippen LogP contribution is -2.38. The van der Waals surface area contributed by atoms with Crippen LogP contribution in [0.2, 0.25) is 0 Å². The summed E-state index contributed by atoms with van der Waals surface area (Å²) in [5, 5.41) is 8.59. The van der Waals surface area contributed by atoms with Gasteiger partial charge in [0.15, 0.2) is 5.96 Å². The Balaban J connectivity index is 2.42. The summed E-state index contributed by atoms with van der Waals surface area (Å²) in [5.74, 6) is 0.852. The molecule has 0 saturated carbocycles. The quantitative estimate of drug-likeness (QED) is 0.453. The van der Waals surface area contributed by atoms with Crippen molar-refractivity contribution in [2.45, 2.75) is 27.3 Å². The van der Waals surface area contributed by atoms with Crippen molar-refractivity contribution in [1.29, 1.82) is 0 Å². The van der Waals surface area contributed by atoms with Crippen LogP contribution in [0.3, 0.4) is 0 Å². The van der Waals surface area contributed by atoms with Gasteiger partial charge >= 0.3 is 0 Å². The van der Waals surface area contributed by atoms with E-state index in [4.69, 9.17) is 4.74 Å². The van der Waals surface area contributed by atoms with Crippen LogP contribution in [0.1, 0.15) is 24.3 Å². The first kappa shape index (κ1) is 15.0. The summed E-state index contributed by atoms with van der Waals surface area (Å²) < 4.78 is 5.29. The number of thiophene rings is 1. The number of aryl methyl sites for hydroxylation is 1. The highest BCUT2D eigenvalue weighted by atomic mass is 32.1. The summed E-state index contributed by atoms with van der Waals surface area (Å²) in [5.41, 5.74) is 1.31. The molecule has 102 valence electrons. The SMILES string of the molecule is CCNC(=NCc1sccc1C)NCCOCC. The molecule has 0 aliphatic rings. The Morgan fingerprint density at radius 2 is 2.22 bits per heavy atom. The van der Waals surface area contributed by atoms with E-state index in [2.05, 4.69) is 40.9 Å². The number of nitrogens with one attached hydrogen (secondary N) is 2. The van der Waals surface area contributed by atoms with Gasteiger partial charge in [-0.2, -0.15) is 0 Å². The Kier molecular flexibility index (Phi) is 7.44. The molecule has 1 rings (SSSR count). The Morgan fingerprint density at radius 3 is 2.83 bits per heavy atom. The minimum absolute atomic E-state index is 0.707. The first-order chi connectivity index (χ1) is 8.77. The van der Waals surface area contributed by atoms with Gasteiger partial charge in [-0.25, -0.2) is 4.99 Å². The second-order valence-electron chi connectivity index (χ2n) is 3.85. The van der Waals surface area contributed by atoms with Crippen LogP contribution < -0.4 is 10.6 Å². The molecule has 1 heterocycles. The summed E-state index contributed by atoms with van der Waals surface area (Å²) >= 11 is 1.75. The van der Waals surface area contributed by atoms with Gasteiger partial charge in [-0.3, -0.25) is 0 Å². The fraction of sp³-hybridized carbons (Fsp3) is 0.615. The Hall–Kier alpha value is -1.07. The Bertz CT molecular complexity index is 363. The molecule has 5 heteroatoms. The van der Waals surface area contributed by atoms with Gasteiger partial charge < -0.3 is 15.4 Å². The van der Waals surface area contributed by atoms with Crippen LogP contribution in [0.15, 0.2) is 16.4 Å². The zero-order valence-electron chi connectivity index (χ0n) is 11.5. The van der Waals surface area contributed by atoms with E-state index in [0.29, 0.717) is 6.61 Å². The molecule has 18 heavy (non-hydrogen) atoms. The molecule has 0 fully saturated rings. The van der Waals surface area contributed by atoms with Crippen molar-refractivity contribution in [1.82, 2.24) is 10.6 Å². The molecule has 0 spiro atoms. The zero-order valence-corrected chi connectivity index (χ0v) is 12.3. The minimum atomic E-state index is 0.707. The second-order valence-corrected chi connectivity index (χ2v) is 4.85. The summed E-state index contributed by atoms with van der Waals surface area (Å²) in [6, 6.07) is 2.13. The van der Waals surface area contributed by atoms with Gasteiger partial charge in [0, 0.05) is 24.6 Å². The monoisotopic (exact) mass is 269 g/mol. The predicted octanol–water partition coefficient (Wildman–Crippen LogP) is 2.15. The maximum atomic E-state index is 5.29. The molecule has 0 aliphatic heterocycles. The van der Waals surface area contributed by atoms with E-state index >= 15 is 0 Å². The fourth-order valence-electron chi connectivity index (χ4n) is 1.44. The smallest absolute Gasteiger partial charge is 0.191 e. The van der Waals surface area contributed by atoms with Gasteiger partial charge in [-0.1, -0.05) is 0 Å². The van der Waals surface area contributed by atoms with Crippen molar-refractivity contribution in [2.75, 3.05) is 26.3 Å². The summed E-state index contributed by atoms with van der Waals surface area (Å²) in [6.45, 7) is 10.0. The molecule has 1 aromatic rings. The number of guanidine groups is 1. The van der Waals surface area contributed by atoms with Gasteiger partial charge in [-0.05, 0) is 37.8 Å². The molecule has 0 aromatic carbocycles. The van der Waals surface area contributed by atoms with Gasteiger partial charge in [0.25, 0.3) is 0 Å². The van der Waals surface area contributed by atoms with Crippen LogP contribution in [-0.4, -0.2) is 32.3 Å². The summed E-state index contributed by atoms with van der Waals surface area (Å²) in [7, 11) is 0. The van der Waals surface area contributed by atoms with Crippen molar-refractivity contribution in [3.63, 3.8) is 0 Å². The Morgan fingerprint density at radius 1 is 1.39 bits per heavy atom. The van der Waals surface area contributed by atoms with E-state index in [1.165, 1.54) is 10.4 Å². The lowest BCUT2D eigenvalue weighted by Gasteiger charge is -2.11. The minimum Gasteiger partial charge on any atom is -0.380 e. The molecule has 0 radical (unpaired) electrons. The first-order valence-electron chi connectivity index (χ1n) is 6.40. The Labute approximate surface area is 113 Å². The predicted molar refractivity (Wildman–Crippen MR) is 78.4 cm³/mol. The zero-order chi connectivity index (χ0) is 13.2. The van der Waals surface area contributed by atoms with E-state index in [-0.39, 0.29) is 0 Å². The molecule has 0 amide bonds. The molecule has 0 unspecified atom stereocenters. The lowest BCUT2D eigenvalue weighted by molar-refractivity contribution is 0.152. The number of aliphatic imine (C=N–C) groups is 1. The third-order valence-electron chi connectivity index (χ3n) is 2.44. The molecule has 0 aliphatic carbocycles. The van der Waals surface area contributed by atoms with Crippen LogP contribution >= 0.6 is 11.3 Å². The molecular weight excluding hydrogens is 246 g/mol. The van der Waals surface area contributed by atoms with Gasteiger partial charge in [0.1, 0.15) is 0 Å². The third kappa shape index (κ3) is 5.51. The van der Waals surface area contributed by atoms with Crippen LogP contribution in [-0.2, 0) is 11.3 Å². The fourth-order valence-corrected chi connectivity index (χ4v) is 2.27. The highest BCUT2D eigenvalue weighted by Gasteiger charge is 2.00. The van der Waals surface area contributed by atoms with Crippen molar-refractivity contribution in [3.05, 3.63) is 21.9 Å². The maximum Gasteiger partial charge on any atom is 0.191 e. The van der Waals surface area contributed by atoms with E-state index in [1.807, 2.05) is 6.92 Å². The standard InChI is InChI=1S/C13H23N3OS/c1-4-14-13(15-7-8-17-5-2)16-10-12-11(3)6-9-18-12/h6,9H,4-5,7-8,10H2,1-3H3,(H2,14,15,16). The van der Waals surface area contributed by atoms with Crippen molar-refractivity contribution in [2.24, 2.45) is 4.99 Å². The first-order valence-corrected chi connectivity index (χ1v) is 7.28. The van der Waals surface area contributed by atoms with E-state index in [9.17, 15) is 0 Å². The molecule has 0 saturated heterocycles. The van der Waals surface area contributed by atoms with E-state index in [0.717, 1.165) is 32.2 Å². The van der Waals surface area contributed by atoms with Crippen LogP contribution in [0.5, 0.6) is 0 Å². The van der Waals surface area contributed by atoms with Gasteiger partial charge in [0.2, 0.25) is 0 Å². The highest BCUT2D eigenvalue weighted by Crippen LogP contribution is 2.16. The number of rotatable bonds is 7. The normalized spacial score (nSPS) is 11.6. The average molecular weight is 269 g/mol. The molecule has 4 nitrogen and oxygen atoms in total. The van der Waals surface area contributed by atoms with Crippen molar-refractivity contribution < 1.29 is 4.74 Å². The van der Waals surface area contributed by atoms with Gasteiger partial charge in [-0.15, -0.1) is 11.3 Å². The number of nitrogens with zero attached hydrogens (tertiary/aromatic N) is 1. The summed E-state index contributed by atoms with van der Waals surface area (Å²) in [6.07, 6.45) is 0. The highest BCUT2D eigenvalue weighted by molar-refractivity contribution is 7.10. The number of hydrogen-bond acceptors (Lipinski definition) is 3. The van der Waals surface area contributed by atoms with E-state index < -0.39 is 0 Å². The molecular formula is C13H23N3OS. The molecule has 2 N–H and O–H groups in total. The van der Waals surface area contributed by atoms with Crippen LogP contribution in [0, 0.1) is 6.92 Å². The lowest BCUT2D eigenvalue weighted by atomic mass is 10.3. The average Bonchev–Trinajstić information content (AvgIpc) is 2.77. The van der Waals surface area contributed by atoms with Crippen LogP contribution in [0.25, 0.3) is 0 Å². The molecule has 0 atom stereocenters. The van der Waals surface area contributed by atoms with Crippen molar-refractivity contribution in [3.8, 4) is 0 Å². The largest absolute Gasteiger partial charge is 0.380 e. The van der Waals surface area contributed by atoms with Crippen molar-refractivity contribution >= 4 is 17.3 Å². The van der Waals surface area contributed by atoms with Gasteiger partial charge in [0.05, 0.1) is 13.2 Å². The second kappa shape index (κ2) is 8.94. The molecule has 0 bridgehead atoms. The maximum absolute atomic E-state index is 5.29. The van der Waals surface area contributed by atoms with E-state index in [1.54, 1.807) is 11.3 Å². The number of ether oxygens (including phenoxy) is 1. The summed E-state index contributed by atoms with van der Waals surface area (Å²) in [4.78, 5) is 5.88. The molecule has 1 aromatic heterocycles.